The van der Waals surface area contributed by atoms with E-state index in [1.54, 1.807) is 6.20 Å². The molecule has 6 heteroatoms. The Labute approximate surface area is 72.5 Å². The second kappa shape index (κ2) is 2.23. The molecule has 2 heterocycles. The first-order chi connectivity index (χ1) is 5.17. The maximum Gasteiger partial charge on any atom is 0.219 e. The second-order valence-electron chi connectivity index (χ2n) is 2.11. The van der Waals surface area contributed by atoms with Crippen molar-refractivity contribution in [3.05, 3.63) is 12.5 Å². The lowest BCUT2D eigenvalue weighted by molar-refractivity contribution is 0.979. The monoisotopic (exact) mass is 188 g/mol. The summed E-state index contributed by atoms with van der Waals surface area (Å²) in [4.78, 5) is 7.80. The molecule has 1 atom stereocenters. The normalized spacial score (nSPS) is 27.8. The molecule has 11 heavy (non-hydrogen) atoms. The van der Waals surface area contributed by atoms with Crippen molar-refractivity contribution in [1.82, 2.24) is 9.97 Å². The Hall–Kier alpha value is -0.520. The van der Waals surface area contributed by atoms with Gasteiger partial charge in [0.2, 0.25) is 4.45 Å². The van der Waals surface area contributed by atoms with Crippen LogP contribution < -0.4 is 11.1 Å². The highest BCUT2D eigenvalue weighted by atomic mass is 35.5. The number of hydrogen-bond acceptors (Lipinski definition) is 5. The Morgan fingerprint density at radius 3 is 3.27 bits per heavy atom. The van der Waals surface area contributed by atoms with Gasteiger partial charge >= 0.3 is 0 Å². The molecule has 0 aliphatic carbocycles. The number of aromatic nitrogens is 2. The summed E-state index contributed by atoms with van der Waals surface area (Å²) >= 11 is 7.07. The van der Waals surface area contributed by atoms with E-state index in [2.05, 4.69) is 15.3 Å². The van der Waals surface area contributed by atoms with Gasteiger partial charge in [-0.05, 0) is 11.8 Å². The average molecular weight is 189 g/mol. The van der Waals surface area contributed by atoms with E-state index < -0.39 is 4.45 Å². The molecule has 0 saturated carbocycles. The van der Waals surface area contributed by atoms with Crippen LogP contribution >= 0.6 is 23.4 Å². The molecule has 1 aliphatic rings. The van der Waals surface area contributed by atoms with Crippen molar-refractivity contribution < 1.29 is 0 Å². The van der Waals surface area contributed by atoms with Crippen LogP contribution in [0.1, 0.15) is 0 Å². The van der Waals surface area contributed by atoms with Gasteiger partial charge in [0.25, 0.3) is 0 Å². The molecule has 1 aromatic heterocycles. The topological polar surface area (TPSA) is 63.8 Å². The minimum absolute atomic E-state index is 0.787. The molecule has 0 fully saturated rings. The molecule has 0 spiro atoms. The zero-order valence-electron chi connectivity index (χ0n) is 5.41. The number of hydrogen-bond donors (Lipinski definition) is 2. The molecule has 2 rings (SSSR count). The Bertz CT molecular complexity index is 263. The van der Waals surface area contributed by atoms with Crippen molar-refractivity contribution in [3.8, 4) is 0 Å². The van der Waals surface area contributed by atoms with Crippen LogP contribution in [0, 0.1) is 0 Å². The number of thioether (sulfide) groups is 1. The lowest BCUT2D eigenvalue weighted by Crippen LogP contribution is -2.34. The quantitative estimate of drug-likeness (QED) is 0.358. The molecule has 0 saturated heterocycles. The number of halogens is 1. The van der Waals surface area contributed by atoms with Crippen molar-refractivity contribution in [2.75, 3.05) is 5.32 Å². The molecular formula is C5H5ClN4S. The molecule has 1 aliphatic heterocycles. The van der Waals surface area contributed by atoms with E-state index in [1.165, 1.54) is 18.1 Å². The third-order valence-corrected chi connectivity index (χ3v) is 2.47. The number of nitrogens with zero attached hydrogens (tertiary/aromatic N) is 2. The van der Waals surface area contributed by atoms with Gasteiger partial charge in [-0.25, -0.2) is 9.97 Å². The highest BCUT2D eigenvalue weighted by Crippen LogP contribution is 2.42. The van der Waals surface area contributed by atoms with Gasteiger partial charge in [0.1, 0.15) is 11.4 Å². The Morgan fingerprint density at radius 1 is 1.73 bits per heavy atom. The fourth-order valence-electron chi connectivity index (χ4n) is 0.835. The summed E-state index contributed by atoms with van der Waals surface area (Å²) in [7, 11) is 0. The van der Waals surface area contributed by atoms with Crippen molar-refractivity contribution in [1.29, 1.82) is 0 Å². The van der Waals surface area contributed by atoms with Gasteiger partial charge < -0.3 is 5.32 Å². The lowest BCUT2D eigenvalue weighted by Gasteiger charge is -2.12. The highest BCUT2D eigenvalue weighted by molar-refractivity contribution is 8.02. The molecule has 4 nitrogen and oxygen atoms in total. The zero-order chi connectivity index (χ0) is 7.90. The maximum atomic E-state index is 5.79. The minimum Gasteiger partial charge on any atom is -0.342 e. The number of fused-ring (bicyclic) bond motifs is 1. The molecule has 1 aromatic rings. The van der Waals surface area contributed by atoms with Crippen molar-refractivity contribution in [3.63, 3.8) is 0 Å². The van der Waals surface area contributed by atoms with E-state index in [-0.39, 0.29) is 0 Å². The summed E-state index contributed by atoms with van der Waals surface area (Å²) in [5.74, 6) is 0. The van der Waals surface area contributed by atoms with Crippen LogP contribution in [-0.4, -0.2) is 14.4 Å². The summed E-state index contributed by atoms with van der Waals surface area (Å²) in [5, 5.41) is 3.64. The van der Waals surface area contributed by atoms with Gasteiger partial charge in [-0.2, -0.15) is 0 Å². The van der Waals surface area contributed by atoms with Crippen molar-refractivity contribution >= 4 is 29.1 Å². The summed E-state index contributed by atoms with van der Waals surface area (Å²) in [6.45, 7) is 0. The summed E-state index contributed by atoms with van der Waals surface area (Å²) < 4.78 is -0.960. The highest BCUT2D eigenvalue weighted by Gasteiger charge is 2.32. The van der Waals surface area contributed by atoms with Gasteiger partial charge in [-0.3, -0.25) is 5.73 Å². The average Bonchev–Trinajstić information content (AvgIpc) is 2.21. The van der Waals surface area contributed by atoms with Crippen LogP contribution in [0.5, 0.6) is 0 Å². The number of rotatable bonds is 0. The van der Waals surface area contributed by atoms with Crippen molar-refractivity contribution in [2.24, 2.45) is 5.73 Å². The van der Waals surface area contributed by atoms with Crippen LogP contribution in [0.4, 0.5) is 5.69 Å². The fraction of sp³-hybridized carbons (Fsp3) is 0.200. The number of anilines is 1. The Balaban J connectivity index is 2.41. The van der Waals surface area contributed by atoms with Gasteiger partial charge in [0.15, 0.2) is 0 Å². The maximum absolute atomic E-state index is 5.79. The summed E-state index contributed by atoms with van der Waals surface area (Å²) in [6.07, 6.45) is 3.11. The number of nitrogens with one attached hydrogen (secondary N) is 1. The third kappa shape index (κ3) is 1.26. The summed E-state index contributed by atoms with van der Waals surface area (Å²) in [5.41, 5.74) is 6.36. The van der Waals surface area contributed by atoms with Crippen LogP contribution in [0.25, 0.3) is 0 Å². The Morgan fingerprint density at radius 2 is 2.55 bits per heavy atom. The smallest absolute Gasteiger partial charge is 0.219 e. The van der Waals surface area contributed by atoms with E-state index in [1.807, 2.05) is 0 Å². The fourth-order valence-corrected chi connectivity index (χ4v) is 1.91. The largest absolute Gasteiger partial charge is 0.342 e. The van der Waals surface area contributed by atoms with E-state index in [4.69, 9.17) is 17.3 Å². The second-order valence-corrected chi connectivity index (χ2v) is 4.17. The van der Waals surface area contributed by atoms with Gasteiger partial charge in [-0.1, -0.05) is 11.6 Å². The number of nitrogens with two attached hydrogens (primary N) is 1. The molecule has 0 radical (unpaired) electrons. The molecular weight excluding hydrogens is 184 g/mol. The standard InChI is InChI=1S/C5H5ClN4S/c6-5(7)10-3-1-8-2-9-4(3)11-5/h1-2,10H,7H2. The van der Waals surface area contributed by atoms with Crippen molar-refractivity contribution in [2.45, 2.75) is 9.48 Å². The zero-order valence-corrected chi connectivity index (χ0v) is 6.99. The van der Waals surface area contributed by atoms with E-state index in [0.29, 0.717) is 0 Å². The molecule has 58 valence electrons. The van der Waals surface area contributed by atoms with Gasteiger partial charge in [0, 0.05) is 0 Å². The first-order valence-electron chi connectivity index (χ1n) is 2.92. The molecule has 1 unspecified atom stereocenters. The SMILES string of the molecule is NC1(Cl)Nc2cncnc2S1. The van der Waals surface area contributed by atoms with Crippen LogP contribution in [0.15, 0.2) is 17.6 Å². The Kier molecular flexibility index (Phi) is 1.45. The molecule has 3 N–H and O–H groups in total. The van der Waals surface area contributed by atoms with Gasteiger partial charge in [0.05, 0.1) is 11.9 Å². The van der Waals surface area contributed by atoms with E-state index in [9.17, 15) is 0 Å². The predicted molar refractivity (Wildman–Crippen MR) is 44.3 cm³/mol. The molecule has 0 aromatic carbocycles. The number of alkyl halides is 1. The molecule has 0 bridgehead atoms. The van der Waals surface area contributed by atoms with Crippen LogP contribution in [0.2, 0.25) is 0 Å². The minimum atomic E-state index is -0.960. The molecule has 0 amide bonds. The first-order valence-corrected chi connectivity index (χ1v) is 4.12. The van der Waals surface area contributed by atoms with E-state index >= 15 is 0 Å². The first kappa shape index (κ1) is 7.15. The summed E-state index contributed by atoms with van der Waals surface area (Å²) in [6, 6.07) is 0. The van der Waals surface area contributed by atoms with E-state index in [0.717, 1.165) is 10.7 Å². The third-order valence-electron chi connectivity index (χ3n) is 1.23. The van der Waals surface area contributed by atoms with Crippen LogP contribution in [0.3, 0.4) is 0 Å². The van der Waals surface area contributed by atoms with Gasteiger partial charge in [-0.15, -0.1) is 0 Å². The van der Waals surface area contributed by atoms with Crippen LogP contribution in [-0.2, 0) is 0 Å². The predicted octanol–water partition coefficient (Wildman–Crippen LogP) is 0.803. The lowest BCUT2D eigenvalue weighted by atomic mass is 10.5.